The first-order valence-electron chi connectivity index (χ1n) is 11.2. The van der Waals surface area contributed by atoms with Crippen molar-refractivity contribution in [1.82, 2.24) is 19.9 Å². The summed E-state index contributed by atoms with van der Waals surface area (Å²) in [5.41, 5.74) is 3.10. The van der Waals surface area contributed by atoms with Crippen LogP contribution in [0.4, 0.5) is 27.8 Å². The molecule has 0 bridgehead atoms. The van der Waals surface area contributed by atoms with Gasteiger partial charge in [0.15, 0.2) is 0 Å². The number of rotatable bonds is 5. The maximum atomic E-state index is 15.2. The number of nitriles is 1. The van der Waals surface area contributed by atoms with Gasteiger partial charge in [0.1, 0.15) is 28.7 Å². The zero-order valence-corrected chi connectivity index (χ0v) is 19.9. The molecule has 4 heterocycles. The number of hydrogen-bond donors (Lipinski definition) is 2. The number of halogens is 5. The lowest BCUT2D eigenvalue weighted by Crippen LogP contribution is -2.54. The van der Waals surface area contributed by atoms with Crippen LogP contribution in [-0.4, -0.2) is 51.1 Å². The van der Waals surface area contributed by atoms with E-state index in [0.29, 0.717) is 29.0 Å². The van der Waals surface area contributed by atoms with Gasteiger partial charge in [0.25, 0.3) is 5.92 Å². The number of anilines is 1. The molecule has 4 aromatic rings. The van der Waals surface area contributed by atoms with E-state index >= 15 is 8.78 Å². The maximum absolute atomic E-state index is 15.2. The minimum atomic E-state index is -4.37. The number of aryl methyl sites for hydroxylation is 1. The van der Waals surface area contributed by atoms with Gasteiger partial charge in [-0.25, -0.2) is 18.7 Å². The summed E-state index contributed by atoms with van der Waals surface area (Å²) in [5.74, 6) is -2.98. The van der Waals surface area contributed by atoms with Gasteiger partial charge >= 0.3 is 6.18 Å². The van der Waals surface area contributed by atoms with Crippen LogP contribution in [0.2, 0.25) is 0 Å². The molecule has 1 aromatic carbocycles. The zero-order valence-electron chi connectivity index (χ0n) is 19.1. The summed E-state index contributed by atoms with van der Waals surface area (Å²) in [4.78, 5) is 13.1. The Morgan fingerprint density at radius 1 is 1.25 bits per heavy atom. The number of alkyl halides is 5. The first-order chi connectivity index (χ1) is 17.0. The highest BCUT2D eigenvalue weighted by molar-refractivity contribution is 7.18. The fourth-order valence-corrected chi connectivity index (χ4v) is 5.69. The van der Waals surface area contributed by atoms with Gasteiger partial charge in [0.2, 0.25) is 0 Å². The highest BCUT2D eigenvalue weighted by Crippen LogP contribution is 2.36. The second-order valence-corrected chi connectivity index (χ2v) is 10.1. The molecule has 0 radical (unpaired) electrons. The zero-order chi connectivity index (χ0) is 25.7. The second kappa shape index (κ2) is 8.97. The fourth-order valence-electron chi connectivity index (χ4n) is 4.66. The van der Waals surface area contributed by atoms with Crippen LogP contribution in [0.15, 0.2) is 30.6 Å². The summed E-state index contributed by atoms with van der Waals surface area (Å²) >= 11 is 0.880. The third kappa shape index (κ3) is 4.85. The molecule has 0 aliphatic carbocycles. The number of aromatic nitrogens is 3. The van der Waals surface area contributed by atoms with Crippen molar-refractivity contribution in [3.8, 4) is 6.07 Å². The molecule has 1 unspecified atom stereocenters. The standard InChI is InChI=1S/C24H21F5N6S/c1-13-14(2-3-19-17(13)6-15(9-30)33-19)10-35-5-4-20(23(25,26)11-35)34-21-18-7-16(8-24(27,28)29)36-22(18)32-12-31-21/h2-3,6-7,12,20,33H,4-5,8,10-11H2,1H3,(H,31,32,34). The van der Waals surface area contributed by atoms with E-state index < -0.39 is 31.1 Å². The molecule has 6 nitrogen and oxygen atoms in total. The molecule has 12 heteroatoms. The Morgan fingerprint density at radius 3 is 2.78 bits per heavy atom. The molecule has 2 N–H and O–H groups in total. The summed E-state index contributed by atoms with van der Waals surface area (Å²) in [7, 11) is 0. The van der Waals surface area contributed by atoms with E-state index in [-0.39, 0.29) is 17.1 Å². The van der Waals surface area contributed by atoms with Crippen LogP contribution in [-0.2, 0) is 13.0 Å². The molecule has 1 aliphatic rings. The van der Waals surface area contributed by atoms with E-state index in [9.17, 15) is 13.2 Å². The number of aromatic amines is 1. The van der Waals surface area contributed by atoms with Crippen LogP contribution >= 0.6 is 11.3 Å². The van der Waals surface area contributed by atoms with Crippen molar-refractivity contribution < 1.29 is 22.0 Å². The average molecular weight is 521 g/mol. The Hall–Kier alpha value is -3.30. The van der Waals surface area contributed by atoms with Gasteiger partial charge in [0, 0.05) is 28.9 Å². The molecule has 3 aromatic heterocycles. The van der Waals surface area contributed by atoms with Crippen molar-refractivity contribution in [2.24, 2.45) is 0 Å². The predicted molar refractivity (Wildman–Crippen MR) is 127 cm³/mol. The highest BCUT2D eigenvalue weighted by Gasteiger charge is 2.45. The van der Waals surface area contributed by atoms with Gasteiger partial charge in [-0.3, -0.25) is 4.90 Å². The normalized spacial score (nSPS) is 18.5. The topological polar surface area (TPSA) is 80.6 Å². The van der Waals surface area contributed by atoms with Crippen LogP contribution in [0.3, 0.4) is 0 Å². The van der Waals surface area contributed by atoms with Gasteiger partial charge in [-0.15, -0.1) is 11.3 Å². The third-order valence-corrected chi connectivity index (χ3v) is 7.49. The quantitative estimate of drug-likeness (QED) is 0.326. The summed E-state index contributed by atoms with van der Waals surface area (Å²) in [6, 6.07) is 7.66. The van der Waals surface area contributed by atoms with Gasteiger partial charge in [-0.2, -0.15) is 18.4 Å². The average Bonchev–Trinajstić information content (AvgIpc) is 3.40. The second-order valence-electron chi connectivity index (χ2n) is 9.01. The molecular formula is C24H21F5N6S. The van der Waals surface area contributed by atoms with Crippen molar-refractivity contribution in [2.45, 2.75) is 44.5 Å². The third-order valence-electron chi connectivity index (χ3n) is 6.44. The number of nitrogens with zero attached hydrogens (tertiary/aromatic N) is 4. The first-order valence-corrected chi connectivity index (χ1v) is 12.0. The van der Waals surface area contributed by atoms with Crippen LogP contribution < -0.4 is 5.32 Å². The van der Waals surface area contributed by atoms with Crippen molar-refractivity contribution in [1.29, 1.82) is 5.26 Å². The van der Waals surface area contributed by atoms with Crippen LogP contribution in [0.5, 0.6) is 0 Å². The van der Waals surface area contributed by atoms with Gasteiger partial charge in [-0.1, -0.05) is 6.07 Å². The van der Waals surface area contributed by atoms with E-state index in [1.54, 1.807) is 11.0 Å². The highest BCUT2D eigenvalue weighted by atomic mass is 32.1. The van der Waals surface area contributed by atoms with E-state index in [0.717, 1.165) is 33.4 Å². The number of hydrogen-bond acceptors (Lipinski definition) is 6. The SMILES string of the molecule is Cc1c(CN2CCC(Nc3ncnc4sc(CC(F)(F)F)cc34)C(F)(F)C2)ccc2[nH]c(C#N)cc12. The first kappa shape index (κ1) is 24.4. The molecule has 0 saturated carbocycles. The molecular weight excluding hydrogens is 499 g/mol. The molecule has 1 fully saturated rings. The summed E-state index contributed by atoms with van der Waals surface area (Å²) < 4.78 is 68.8. The number of H-pyrrole nitrogens is 1. The Labute approximate surface area is 206 Å². The van der Waals surface area contributed by atoms with E-state index in [2.05, 4.69) is 26.3 Å². The number of thiophene rings is 1. The minimum absolute atomic E-state index is 0.0549. The van der Waals surface area contributed by atoms with Gasteiger partial charge < -0.3 is 10.3 Å². The largest absolute Gasteiger partial charge is 0.393 e. The molecule has 0 spiro atoms. The van der Waals surface area contributed by atoms with E-state index in [4.69, 9.17) is 5.26 Å². The molecule has 1 aliphatic heterocycles. The molecule has 1 saturated heterocycles. The van der Waals surface area contributed by atoms with Crippen molar-refractivity contribution in [2.75, 3.05) is 18.4 Å². The van der Waals surface area contributed by atoms with Crippen molar-refractivity contribution in [3.05, 3.63) is 52.3 Å². The number of benzene rings is 1. The maximum Gasteiger partial charge on any atom is 0.393 e. The van der Waals surface area contributed by atoms with Crippen LogP contribution in [0, 0.1) is 18.3 Å². The summed E-state index contributed by atoms with van der Waals surface area (Å²) in [6.45, 7) is 2.17. The number of nitrogens with one attached hydrogen (secondary N) is 2. The smallest absolute Gasteiger partial charge is 0.361 e. The van der Waals surface area contributed by atoms with Crippen LogP contribution in [0.25, 0.3) is 21.1 Å². The Bertz CT molecular complexity index is 1470. The Balaban J connectivity index is 1.31. The lowest BCUT2D eigenvalue weighted by molar-refractivity contribution is -0.126. The minimum Gasteiger partial charge on any atom is -0.361 e. The number of piperidine rings is 1. The molecule has 1 atom stereocenters. The molecule has 36 heavy (non-hydrogen) atoms. The van der Waals surface area contributed by atoms with Gasteiger partial charge in [0.05, 0.1) is 24.4 Å². The lowest BCUT2D eigenvalue weighted by Gasteiger charge is -2.39. The van der Waals surface area contributed by atoms with Gasteiger partial charge in [-0.05, 0) is 42.7 Å². The fraction of sp³-hybridized carbons (Fsp3) is 0.375. The number of likely N-dealkylation sites (tertiary alicyclic amines) is 1. The monoisotopic (exact) mass is 520 g/mol. The Morgan fingerprint density at radius 2 is 2.06 bits per heavy atom. The summed E-state index contributed by atoms with van der Waals surface area (Å²) in [5, 5.41) is 13.1. The Kier molecular flexibility index (Phi) is 6.08. The lowest BCUT2D eigenvalue weighted by atomic mass is 9.98. The van der Waals surface area contributed by atoms with E-state index in [1.165, 1.54) is 12.4 Å². The predicted octanol–water partition coefficient (Wildman–Crippen LogP) is 5.78. The van der Waals surface area contributed by atoms with Crippen molar-refractivity contribution in [3.63, 3.8) is 0 Å². The molecule has 188 valence electrons. The summed E-state index contributed by atoms with van der Waals surface area (Å²) in [6.07, 6.45) is -4.18. The van der Waals surface area contributed by atoms with Crippen LogP contribution in [0.1, 0.15) is 28.1 Å². The van der Waals surface area contributed by atoms with Crippen molar-refractivity contribution >= 4 is 38.3 Å². The number of fused-ring (bicyclic) bond motifs is 2. The molecule has 0 amide bonds. The van der Waals surface area contributed by atoms with E-state index in [1.807, 2.05) is 19.1 Å². The molecule has 5 rings (SSSR count).